The van der Waals surface area contributed by atoms with Gasteiger partial charge in [-0.3, -0.25) is 9.78 Å². The summed E-state index contributed by atoms with van der Waals surface area (Å²) in [5.41, 5.74) is 2.52. The van der Waals surface area contributed by atoms with E-state index in [2.05, 4.69) is 34.8 Å². The van der Waals surface area contributed by atoms with Crippen molar-refractivity contribution < 1.29 is 4.79 Å². The summed E-state index contributed by atoms with van der Waals surface area (Å²) in [5.74, 6) is 0.597. The minimum Gasteiger partial charge on any atom is -0.388 e. The highest BCUT2D eigenvalue weighted by molar-refractivity contribution is 7.80. The highest BCUT2D eigenvalue weighted by atomic mass is 32.1. The number of hydrogen-bond donors (Lipinski definition) is 3. The average molecular weight is 301 g/mol. The van der Waals surface area contributed by atoms with Gasteiger partial charge in [-0.05, 0) is 18.6 Å². The topological polar surface area (TPSA) is 54.0 Å². The summed E-state index contributed by atoms with van der Waals surface area (Å²) in [7, 11) is 0. The zero-order chi connectivity index (χ0) is 15.1. The third kappa shape index (κ3) is 4.79. The van der Waals surface area contributed by atoms with Crippen LogP contribution in [0.2, 0.25) is 0 Å². The molecular weight excluding hydrogens is 282 g/mol. The zero-order valence-corrected chi connectivity index (χ0v) is 12.7. The lowest BCUT2D eigenvalue weighted by Gasteiger charge is -2.08. The van der Waals surface area contributed by atoms with Crippen LogP contribution in [0.25, 0.3) is 10.9 Å². The molecule has 0 saturated carbocycles. The number of carbonyl (C=O) groups is 1. The van der Waals surface area contributed by atoms with Gasteiger partial charge >= 0.3 is 0 Å². The third-order valence-corrected chi connectivity index (χ3v) is 3.40. The molecule has 0 radical (unpaired) electrons. The number of amides is 1. The first-order valence-electron chi connectivity index (χ1n) is 6.86. The van der Waals surface area contributed by atoms with Gasteiger partial charge in [0.25, 0.3) is 0 Å². The third-order valence-electron chi connectivity index (χ3n) is 3.02. The summed E-state index contributed by atoms with van der Waals surface area (Å²) < 4.78 is 0. The van der Waals surface area contributed by atoms with Crippen LogP contribution in [0.15, 0.2) is 48.8 Å². The Kier molecular flexibility index (Phi) is 5.63. The van der Waals surface area contributed by atoms with E-state index in [1.54, 1.807) is 6.20 Å². The van der Waals surface area contributed by atoms with E-state index in [0.717, 1.165) is 35.3 Å². The maximum atomic E-state index is 11.9. The number of benzene rings is 1. The summed E-state index contributed by atoms with van der Waals surface area (Å²) in [6.07, 6.45) is 2.89. The molecule has 0 aliphatic rings. The molecule has 5 heteroatoms. The number of carbonyl (C=O) groups excluding carboxylic acids is 1. The lowest BCUT2D eigenvalue weighted by Crippen LogP contribution is -2.18. The van der Waals surface area contributed by atoms with Crippen LogP contribution < -0.4 is 10.6 Å². The molecule has 1 aromatic carbocycles. The molecule has 4 nitrogen and oxygen atoms in total. The van der Waals surface area contributed by atoms with E-state index >= 15 is 0 Å². The maximum Gasteiger partial charge on any atom is 0.224 e. The maximum absolute atomic E-state index is 11.9. The van der Waals surface area contributed by atoms with E-state index in [1.165, 1.54) is 0 Å². The molecule has 0 bridgehead atoms. The van der Waals surface area contributed by atoms with Gasteiger partial charge in [-0.1, -0.05) is 24.8 Å². The largest absolute Gasteiger partial charge is 0.388 e. The van der Waals surface area contributed by atoms with E-state index in [-0.39, 0.29) is 5.91 Å². The second-order valence-electron chi connectivity index (χ2n) is 4.76. The molecule has 1 heterocycles. The SMILES string of the molecule is C=C(CS)NCCCC(=O)Nc1cnc2ccccc2c1. The molecule has 0 aliphatic carbocycles. The Labute approximate surface area is 130 Å². The zero-order valence-electron chi connectivity index (χ0n) is 11.8. The smallest absolute Gasteiger partial charge is 0.224 e. The number of hydrogen-bond acceptors (Lipinski definition) is 4. The van der Waals surface area contributed by atoms with E-state index in [4.69, 9.17) is 0 Å². The Morgan fingerprint density at radius 2 is 2.14 bits per heavy atom. The first-order chi connectivity index (χ1) is 10.2. The van der Waals surface area contributed by atoms with Crippen LogP contribution >= 0.6 is 12.6 Å². The van der Waals surface area contributed by atoms with E-state index in [0.29, 0.717) is 12.2 Å². The van der Waals surface area contributed by atoms with Crippen LogP contribution in [-0.2, 0) is 4.79 Å². The van der Waals surface area contributed by atoms with E-state index < -0.39 is 0 Å². The Morgan fingerprint density at radius 1 is 1.33 bits per heavy atom. The fraction of sp³-hybridized carbons (Fsp3) is 0.250. The van der Waals surface area contributed by atoms with Gasteiger partial charge in [0.2, 0.25) is 5.91 Å². The molecule has 1 amide bonds. The van der Waals surface area contributed by atoms with E-state index in [9.17, 15) is 4.79 Å². The molecule has 2 N–H and O–H groups in total. The van der Waals surface area contributed by atoms with Crippen molar-refractivity contribution in [2.24, 2.45) is 0 Å². The van der Waals surface area contributed by atoms with Gasteiger partial charge in [0.1, 0.15) is 0 Å². The summed E-state index contributed by atoms with van der Waals surface area (Å²) in [6, 6.07) is 9.75. The standard InChI is InChI=1S/C16H19N3OS/c1-12(11-21)17-8-4-7-16(20)19-14-9-13-5-2-3-6-15(13)18-10-14/h2-3,5-6,9-10,17,21H,1,4,7-8,11H2,(H,19,20). The number of thiol groups is 1. The van der Waals surface area contributed by atoms with Crippen molar-refractivity contribution in [3.63, 3.8) is 0 Å². The second kappa shape index (κ2) is 7.69. The Morgan fingerprint density at radius 3 is 2.95 bits per heavy atom. The summed E-state index contributed by atoms with van der Waals surface area (Å²) >= 11 is 4.11. The Hall–Kier alpha value is -2.01. The molecule has 21 heavy (non-hydrogen) atoms. The Balaban J connectivity index is 1.82. The number of pyridine rings is 1. The van der Waals surface area contributed by atoms with Crippen LogP contribution in [0.3, 0.4) is 0 Å². The summed E-state index contributed by atoms with van der Waals surface area (Å²) in [5, 5.41) is 7.00. The predicted octanol–water partition coefficient (Wildman–Crippen LogP) is 2.99. The molecule has 2 rings (SSSR count). The number of aromatic nitrogens is 1. The molecule has 0 unspecified atom stereocenters. The Bertz CT molecular complexity index is 642. The summed E-state index contributed by atoms with van der Waals surface area (Å²) in [6.45, 7) is 4.52. The molecule has 2 aromatic rings. The van der Waals surface area contributed by atoms with Crippen LogP contribution in [0.4, 0.5) is 5.69 Å². The van der Waals surface area contributed by atoms with Gasteiger partial charge in [0, 0.05) is 29.8 Å². The van der Waals surface area contributed by atoms with Crippen molar-refractivity contribution in [2.75, 3.05) is 17.6 Å². The quantitative estimate of drug-likeness (QED) is 0.544. The van der Waals surface area contributed by atoms with Gasteiger partial charge in [-0.2, -0.15) is 12.6 Å². The average Bonchev–Trinajstić information content (AvgIpc) is 2.51. The highest BCUT2D eigenvalue weighted by Gasteiger charge is 2.03. The minimum absolute atomic E-state index is 0.00892. The molecule has 1 aromatic heterocycles. The van der Waals surface area contributed by atoms with Crippen LogP contribution in [0.1, 0.15) is 12.8 Å². The number of nitrogens with one attached hydrogen (secondary N) is 2. The predicted molar refractivity (Wildman–Crippen MR) is 90.6 cm³/mol. The summed E-state index contributed by atoms with van der Waals surface area (Å²) in [4.78, 5) is 16.2. The van der Waals surface area contributed by atoms with Crippen molar-refractivity contribution in [3.8, 4) is 0 Å². The molecule has 0 fully saturated rings. The lowest BCUT2D eigenvalue weighted by molar-refractivity contribution is -0.116. The first kappa shape index (κ1) is 15.4. The number of rotatable bonds is 7. The van der Waals surface area contributed by atoms with Gasteiger partial charge in [0.05, 0.1) is 17.4 Å². The van der Waals surface area contributed by atoms with Crippen LogP contribution in [0.5, 0.6) is 0 Å². The molecule has 110 valence electrons. The second-order valence-corrected chi connectivity index (χ2v) is 5.07. The highest BCUT2D eigenvalue weighted by Crippen LogP contribution is 2.16. The molecule has 0 saturated heterocycles. The lowest BCUT2D eigenvalue weighted by atomic mass is 10.2. The molecule has 0 spiro atoms. The number of nitrogens with zero attached hydrogens (tertiary/aromatic N) is 1. The number of para-hydroxylation sites is 1. The van der Waals surface area contributed by atoms with Gasteiger partial charge in [-0.25, -0.2) is 0 Å². The van der Waals surface area contributed by atoms with Gasteiger partial charge in [-0.15, -0.1) is 0 Å². The first-order valence-corrected chi connectivity index (χ1v) is 7.49. The van der Waals surface area contributed by atoms with Crippen molar-refractivity contribution in [3.05, 3.63) is 48.8 Å². The molecule has 0 atom stereocenters. The van der Waals surface area contributed by atoms with Crippen LogP contribution in [0, 0.1) is 0 Å². The number of fused-ring (bicyclic) bond motifs is 1. The van der Waals surface area contributed by atoms with Crippen molar-refractivity contribution in [2.45, 2.75) is 12.8 Å². The van der Waals surface area contributed by atoms with Crippen molar-refractivity contribution in [1.82, 2.24) is 10.3 Å². The fourth-order valence-corrected chi connectivity index (χ4v) is 2.04. The van der Waals surface area contributed by atoms with Crippen LogP contribution in [-0.4, -0.2) is 23.2 Å². The van der Waals surface area contributed by atoms with Crippen molar-refractivity contribution >= 4 is 35.1 Å². The molecular formula is C16H19N3OS. The normalized spacial score (nSPS) is 10.3. The van der Waals surface area contributed by atoms with Crippen molar-refractivity contribution in [1.29, 1.82) is 0 Å². The monoisotopic (exact) mass is 301 g/mol. The van der Waals surface area contributed by atoms with Gasteiger partial charge in [0.15, 0.2) is 0 Å². The van der Waals surface area contributed by atoms with Gasteiger partial charge < -0.3 is 10.6 Å². The minimum atomic E-state index is -0.00892. The number of anilines is 1. The fourth-order valence-electron chi connectivity index (χ4n) is 1.93. The molecule has 0 aliphatic heterocycles. The van der Waals surface area contributed by atoms with E-state index in [1.807, 2.05) is 30.3 Å².